The summed E-state index contributed by atoms with van der Waals surface area (Å²) in [5, 5.41) is 33.6. The van der Waals surface area contributed by atoms with Crippen molar-refractivity contribution < 1.29 is 20.1 Å². The number of imidazole rings is 1. The molecule has 4 rings (SSSR count). The molecule has 0 bridgehead atoms. The molecule has 12 nitrogen and oxygen atoms in total. The van der Waals surface area contributed by atoms with Gasteiger partial charge in [-0.3, -0.25) is 4.57 Å². The van der Waals surface area contributed by atoms with Crippen molar-refractivity contribution in [2.24, 2.45) is 5.10 Å². The van der Waals surface area contributed by atoms with Gasteiger partial charge >= 0.3 is 0 Å². The van der Waals surface area contributed by atoms with Crippen LogP contribution in [0.1, 0.15) is 11.8 Å². The van der Waals surface area contributed by atoms with E-state index in [0.29, 0.717) is 11.2 Å². The molecular formula is C17H20N8O4. The number of fused-ring (bicyclic) bond motifs is 1. The molecule has 29 heavy (non-hydrogen) atoms. The van der Waals surface area contributed by atoms with Gasteiger partial charge in [-0.05, 0) is 17.7 Å². The maximum Gasteiger partial charge on any atom is 0.247 e. The number of nitrogens with zero attached hydrogens (tertiary/aromatic N) is 5. The molecule has 2 unspecified atom stereocenters. The second kappa shape index (κ2) is 7.60. The molecule has 1 fully saturated rings. The molecule has 2 aromatic heterocycles. The third-order valence-corrected chi connectivity index (χ3v) is 4.55. The molecule has 0 amide bonds. The van der Waals surface area contributed by atoms with E-state index in [0.717, 1.165) is 5.56 Å². The fourth-order valence-corrected chi connectivity index (χ4v) is 3.03. The molecule has 1 saturated heterocycles. The van der Waals surface area contributed by atoms with Crippen molar-refractivity contribution in [1.82, 2.24) is 19.5 Å². The van der Waals surface area contributed by atoms with Crippen LogP contribution in [0.3, 0.4) is 0 Å². The Hall–Kier alpha value is -3.32. The Morgan fingerprint density at radius 3 is 2.62 bits per heavy atom. The first kappa shape index (κ1) is 19.0. The van der Waals surface area contributed by atoms with Crippen LogP contribution in [-0.4, -0.2) is 66.0 Å². The number of anilines is 3. The highest BCUT2D eigenvalue weighted by molar-refractivity contribution is 5.83. The number of benzene rings is 1. The van der Waals surface area contributed by atoms with Crippen LogP contribution < -0.4 is 16.9 Å². The van der Waals surface area contributed by atoms with Crippen molar-refractivity contribution in [2.75, 3.05) is 23.5 Å². The SMILES string of the molecule is Nc1ccc(C=NNc2nc(N)c3ncn([C@@H]4O[C@H](CO)C(O)C4O)c3n2)cc1. The number of nitrogens with one attached hydrogen (secondary N) is 1. The lowest BCUT2D eigenvalue weighted by Gasteiger charge is -2.16. The summed E-state index contributed by atoms with van der Waals surface area (Å²) in [6.07, 6.45) is -1.50. The van der Waals surface area contributed by atoms with Gasteiger partial charge in [-0.1, -0.05) is 12.1 Å². The van der Waals surface area contributed by atoms with Gasteiger partial charge < -0.3 is 31.5 Å². The Kier molecular flexibility index (Phi) is 4.98. The highest BCUT2D eigenvalue weighted by atomic mass is 16.6. The minimum atomic E-state index is -1.28. The van der Waals surface area contributed by atoms with Crippen molar-refractivity contribution in [3.63, 3.8) is 0 Å². The Morgan fingerprint density at radius 1 is 1.17 bits per heavy atom. The lowest BCUT2D eigenvalue weighted by molar-refractivity contribution is -0.0511. The lowest BCUT2D eigenvalue weighted by Crippen LogP contribution is -2.33. The summed E-state index contributed by atoms with van der Waals surface area (Å²) in [7, 11) is 0. The number of nitrogen functional groups attached to an aromatic ring is 2. The standard InChI is InChI=1S/C17H20N8O4/c18-9-3-1-8(2-4-9)5-21-24-17-22-14(19)11-15(23-17)25(7-20-11)16-13(28)12(27)10(6-26)29-16/h1-5,7,10,12-13,16,26-28H,6,18H2,(H3,19,22,23,24)/t10-,12?,13?,16-/m1/s1. The smallest absolute Gasteiger partial charge is 0.247 e. The molecule has 0 saturated carbocycles. The predicted molar refractivity (Wildman–Crippen MR) is 105 cm³/mol. The molecule has 0 radical (unpaired) electrons. The molecule has 3 aromatic rings. The van der Waals surface area contributed by atoms with Gasteiger partial charge in [0.25, 0.3) is 0 Å². The minimum Gasteiger partial charge on any atom is -0.399 e. The maximum atomic E-state index is 10.3. The van der Waals surface area contributed by atoms with Crippen LogP contribution in [0.15, 0.2) is 35.7 Å². The maximum absolute atomic E-state index is 10.3. The number of nitrogens with two attached hydrogens (primary N) is 2. The summed E-state index contributed by atoms with van der Waals surface area (Å²) in [5.41, 5.74) is 16.3. The van der Waals surface area contributed by atoms with E-state index >= 15 is 0 Å². The van der Waals surface area contributed by atoms with Gasteiger partial charge in [0, 0.05) is 5.69 Å². The first-order valence-electron chi connectivity index (χ1n) is 8.75. The molecular weight excluding hydrogens is 380 g/mol. The Balaban J connectivity index is 1.61. The molecule has 1 aliphatic heterocycles. The summed E-state index contributed by atoms with van der Waals surface area (Å²) in [4.78, 5) is 12.6. The number of aliphatic hydroxyl groups excluding tert-OH is 3. The highest BCUT2D eigenvalue weighted by Gasteiger charge is 2.44. The second-order valence-corrected chi connectivity index (χ2v) is 6.52. The molecule has 3 heterocycles. The molecule has 4 atom stereocenters. The van der Waals surface area contributed by atoms with Crippen LogP contribution in [0.4, 0.5) is 17.5 Å². The Labute approximate surface area is 164 Å². The van der Waals surface area contributed by atoms with E-state index in [-0.39, 0.29) is 17.4 Å². The van der Waals surface area contributed by atoms with Gasteiger partial charge in [0.05, 0.1) is 19.1 Å². The monoisotopic (exact) mass is 400 g/mol. The zero-order chi connectivity index (χ0) is 20.5. The second-order valence-electron chi connectivity index (χ2n) is 6.52. The first-order chi connectivity index (χ1) is 14.0. The van der Waals surface area contributed by atoms with Gasteiger partial charge in [-0.2, -0.15) is 15.1 Å². The number of ether oxygens (including phenoxy) is 1. The molecule has 0 spiro atoms. The number of aliphatic hydroxyl groups is 3. The topological polar surface area (TPSA) is 190 Å². The summed E-state index contributed by atoms with van der Waals surface area (Å²) in [5.74, 6) is 0.209. The minimum absolute atomic E-state index is 0.102. The predicted octanol–water partition coefficient (Wildman–Crippen LogP) is -0.952. The van der Waals surface area contributed by atoms with E-state index in [1.807, 2.05) is 0 Å². The summed E-state index contributed by atoms with van der Waals surface area (Å²) in [6, 6.07) is 7.11. The number of rotatable bonds is 5. The fourth-order valence-electron chi connectivity index (χ4n) is 3.03. The molecule has 8 N–H and O–H groups in total. The van der Waals surface area contributed by atoms with E-state index in [4.69, 9.17) is 16.2 Å². The highest BCUT2D eigenvalue weighted by Crippen LogP contribution is 2.32. The number of hydrogen-bond donors (Lipinski definition) is 6. The van der Waals surface area contributed by atoms with Crippen LogP contribution in [0, 0.1) is 0 Å². The average Bonchev–Trinajstić information content (AvgIpc) is 3.25. The van der Waals surface area contributed by atoms with Crippen LogP contribution in [0.5, 0.6) is 0 Å². The molecule has 152 valence electrons. The van der Waals surface area contributed by atoms with Gasteiger partial charge in [0.15, 0.2) is 17.7 Å². The molecule has 12 heteroatoms. The van der Waals surface area contributed by atoms with Gasteiger partial charge in [0.1, 0.15) is 23.8 Å². The largest absolute Gasteiger partial charge is 0.399 e. The van der Waals surface area contributed by atoms with E-state index in [2.05, 4.69) is 25.5 Å². The summed E-state index contributed by atoms with van der Waals surface area (Å²) >= 11 is 0. The number of hydrogen-bond acceptors (Lipinski definition) is 11. The Morgan fingerprint density at radius 2 is 1.93 bits per heavy atom. The summed E-state index contributed by atoms with van der Waals surface area (Å²) in [6.45, 7) is -0.439. The first-order valence-corrected chi connectivity index (χ1v) is 8.75. The number of hydrazone groups is 1. The van der Waals surface area contributed by atoms with E-state index in [9.17, 15) is 15.3 Å². The molecule has 0 aliphatic carbocycles. The van der Waals surface area contributed by atoms with Crippen molar-refractivity contribution in [3.05, 3.63) is 36.2 Å². The molecule has 1 aliphatic rings. The van der Waals surface area contributed by atoms with E-state index < -0.39 is 31.1 Å². The van der Waals surface area contributed by atoms with E-state index in [1.54, 1.807) is 30.5 Å². The van der Waals surface area contributed by atoms with Gasteiger partial charge in [-0.25, -0.2) is 10.4 Å². The molecule has 1 aromatic carbocycles. The fraction of sp³-hybridized carbons (Fsp3) is 0.294. The van der Waals surface area contributed by atoms with Crippen LogP contribution >= 0.6 is 0 Å². The average molecular weight is 400 g/mol. The third kappa shape index (κ3) is 3.56. The van der Waals surface area contributed by atoms with Crippen LogP contribution in [0.2, 0.25) is 0 Å². The normalized spacial score (nSPS) is 24.5. The third-order valence-electron chi connectivity index (χ3n) is 4.55. The quantitative estimate of drug-likeness (QED) is 0.177. The Bertz CT molecular complexity index is 1040. The van der Waals surface area contributed by atoms with Crippen molar-refractivity contribution in [3.8, 4) is 0 Å². The van der Waals surface area contributed by atoms with Crippen LogP contribution in [0.25, 0.3) is 11.2 Å². The van der Waals surface area contributed by atoms with Gasteiger partial charge in [-0.15, -0.1) is 0 Å². The van der Waals surface area contributed by atoms with Crippen molar-refractivity contribution in [2.45, 2.75) is 24.5 Å². The van der Waals surface area contributed by atoms with Crippen molar-refractivity contribution in [1.29, 1.82) is 0 Å². The van der Waals surface area contributed by atoms with Crippen molar-refractivity contribution >= 4 is 34.8 Å². The number of aromatic nitrogens is 4. The van der Waals surface area contributed by atoms with Gasteiger partial charge in [0.2, 0.25) is 5.95 Å². The zero-order valence-corrected chi connectivity index (χ0v) is 15.1. The lowest BCUT2D eigenvalue weighted by atomic mass is 10.1. The summed E-state index contributed by atoms with van der Waals surface area (Å²) < 4.78 is 6.95. The zero-order valence-electron chi connectivity index (χ0n) is 15.1. The van der Waals surface area contributed by atoms with Crippen LogP contribution in [-0.2, 0) is 4.74 Å². The van der Waals surface area contributed by atoms with E-state index in [1.165, 1.54) is 10.9 Å².